The van der Waals surface area contributed by atoms with Crippen molar-refractivity contribution < 1.29 is 9.50 Å². The summed E-state index contributed by atoms with van der Waals surface area (Å²) in [5, 5.41) is 13.4. The number of benzene rings is 1. The Bertz CT molecular complexity index is 366. The summed E-state index contributed by atoms with van der Waals surface area (Å²) >= 11 is 0. The predicted molar refractivity (Wildman–Crippen MR) is 62.5 cm³/mol. The molecule has 0 aliphatic carbocycles. The van der Waals surface area contributed by atoms with E-state index in [0.717, 1.165) is 31.5 Å². The van der Waals surface area contributed by atoms with E-state index in [4.69, 9.17) is 0 Å². The van der Waals surface area contributed by atoms with E-state index in [9.17, 15) is 9.50 Å². The lowest BCUT2D eigenvalue weighted by atomic mass is 9.91. The number of hydrogen-bond acceptors (Lipinski definition) is 2. The van der Waals surface area contributed by atoms with Gasteiger partial charge in [-0.1, -0.05) is 24.3 Å². The zero-order valence-corrected chi connectivity index (χ0v) is 9.12. The summed E-state index contributed by atoms with van der Waals surface area (Å²) in [6, 6.07) is 6.25. The minimum absolute atomic E-state index is 0.238. The number of hydrogen-bond donors (Lipinski definition) is 2. The van der Waals surface area contributed by atoms with Crippen LogP contribution in [0.2, 0.25) is 0 Å². The van der Waals surface area contributed by atoms with Crippen molar-refractivity contribution >= 4 is 6.08 Å². The normalized spacial score (nSPS) is 20.1. The molecule has 1 aromatic carbocycles. The van der Waals surface area contributed by atoms with Gasteiger partial charge in [-0.2, -0.15) is 0 Å². The van der Waals surface area contributed by atoms with Gasteiger partial charge in [0.2, 0.25) is 0 Å². The Kier molecular flexibility index (Phi) is 3.36. The van der Waals surface area contributed by atoms with Crippen molar-refractivity contribution in [2.45, 2.75) is 18.4 Å². The lowest BCUT2D eigenvalue weighted by Gasteiger charge is -2.29. The first-order valence-electron chi connectivity index (χ1n) is 5.56. The van der Waals surface area contributed by atoms with Crippen LogP contribution in [0, 0.1) is 5.82 Å². The molecule has 2 rings (SSSR count). The van der Waals surface area contributed by atoms with E-state index in [1.807, 2.05) is 12.2 Å². The molecule has 1 aromatic rings. The van der Waals surface area contributed by atoms with Gasteiger partial charge in [0.15, 0.2) is 0 Å². The summed E-state index contributed by atoms with van der Waals surface area (Å²) in [5.74, 6) is -0.238. The fraction of sp³-hybridized carbons (Fsp3) is 0.385. The van der Waals surface area contributed by atoms with Crippen LogP contribution in [0.15, 0.2) is 30.3 Å². The molecule has 1 heterocycles. The summed E-state index contributed by atoms with van der Waals surface area (Å²) in [4.78, 5) is 0. The summed E-state index contributed by atoms with van der Waals surface area (Å²) in [6.45, 7) is 1.68. The van der Waals surface area contributed by atoms with Gasteiger partial charge in [0.25, 0.3) is 0 Å². The van der Waals surface area contributed by atoms with Gasteiger partial charge in [-0.15, -0.1) is 0 Å². The summed E-state index contributed by atoms with van der Waals surface area (Å²) < 4.78 is 12.7. The van der Waals surface area contributed by atoms with Gasteiger partial charge in [-0.05, 0) is 43.6 Å². The molecule has 0 bridgehead atoms. The fourth-order valence-corrected chi connectivity index (χ4v) is 1.85. The lowest BCUT2D eigenvalue weighted by Crippen LogP contribution is -2.40. The van der Waals surface area contributed by atoms with Crippen LogP contribution in [-0.2, 0) is 0 Å². The second-order valence-corrected chi connectivity index (χ2v) is 4.24. The molecule has 0 unspecified atom stereocenters. The molecule has 16 heavy (non-hydrogen) atoms. The van der Waals surface area contributed by atoms with Crippen molar-refractivity contribution in [3.8, 4) is 0 Å². The Morgan fingerprint density at radius 2 is 1.81 bits per heavy atom. The first-order valence-corrected chi connectivity index (χ1v) is 5.56. The third kappa shape index (κ3) is 2.90. The topological polar surface area (TPSA) is 32.3 Å². The van der Waals surface area contributed by atoms with Crippen molar-refractivity contribution in [3.05, 3.63) is 41.7 Å². The average molecular weight is 221 g/mol. The number of rotatable bonds is 2. The molecule has 3 heteroatoms. The molecule has 2 N–H and O–H groups in total. The highest BCUT2D eigenvalue weighted by atomic mass is 19.1. The summed E-state index contributed by atoms with van der Waals surface area (Å²) in [7, 11) is 0. The summed E-state index contributed by atoms with van der Waals surface area (Å²) in [5.41, 5.74) is 0.202. The molecule has 1 fully saturated rings. The maximum atomic E-state index is 12.7. The molecule has 1 aliphatic rings. The Labute approximate surface area is 94.8 Å². The summed E-state index contributed by atoms with van der Waals surface area (Å²) in [6.07, 6.45) is 5.13. The molecule has 0 radical (unpaired) electrons. The molecular formula is C13H16FNO. The largest absolute Gasteiger partial charge is 0.386 e. The number of aliphatic hydroxyl groups is 1. The van der Waals surface area contributed by atoms with Crippen LogP contribution in [0.1, 0.15) is 18.4 Å². The van der Waals surface area contributed by atoms with E-state index in [-0.39, 0.29) is 5.82 Å². The molecule has 0 amide bonds. The zero-order valence-electron chi connectivity index (χ0n) is 9.12. The van der Waals surface area contributed by atoms with Crippen LogP contribution in [0.25, 0.3) is 6.08 Å². The highest BCUT2D eigenvalue weighted by Gasteiger charge is 2.25. The first kappa shape index (κ1) is 11.3. The van der Waals surface area contributed by atoms with E-state index < -0.39 is 5.60 Å². The number of nitrogens with one attached hydrogen (secondary N) is 1. The lowest BCUT2D eigenvalue weighted by molar-refractivity contribution is 0.0590. The van der Waals surface area contributed by atoms with Crippen molar-refractivity contribution in [3.63, 3.8) is 0 Å². The van der Waals surface area contributed by atoms with E-state index in [0.29, 0.717) is 0 Å². The molecule has 0 atom stereocenters. The monoisotopic (exact) mass is 221 g/mol. The molecule has 1 aliphatic heterocycles. The zero-order chi connectivity index (χ0) is 11.4. The fourth-order valence-electron chi connectivity index (χ4n) is 1.85. The van der Waals surface area contributed by atoms with Gasteiger partial charge in [0, 0.05) is 0 Å². The van der Waals surface area contributed by atoms with Crippen molar-refractivity contribution in [2.24, 2.45) is 0 Å². The van der Waals surface area contributed by atoms with Crippen LogP contribution in [0.5, 0.6) is 0 Å². The quantitative estimate of drug-likeness (QED) is 0.800. The number of piperidine rings is 1. The Balaban J connectivity index is 2.05. The predicted octanol–water partition coefficient (Wildman–Crippen LogP) is 1.95. The molecule has 0 aromatic heterocycles. The van der Waals surface area contributed by atoms with Crippen LogP contribution in [0.4, 0.5) is 4.39 Å². The molecule has 1 saturated heterocycles. The SMILES string of the molecule is OC1(C=Cc2ccc(F)cc2)CCNCC1. The first-order chi connectivity index (χ1) is 7.68. The molecular weight excluding hydrogens is 205 g/mol. The van der Waals surface area contributed by atoms with Gasteiger partial charge >= 0.3 is 0 Å². The van der Waals surface area contributed by atoms with Gasteiger partial charge in [0.1, 0.15) is 5.82 Å². The van der Waals surface area contributed by atoms with Gasteiger partial charge in [-0.25, -0.2) is 4.39 Å². The standard InChI is InChI=1S/C13H16FNO/c14-12-3-1-11(2-4-12)5-6-13(16)7-9-15-10-8-13/h1-6,15-16H,7-10H2. The molecule has 86 valence electrons. The molecule has 0 spiro atoms. The minimum atomic E-state index is -0.709. The van der Waals surface area contributed by atoms with Gasteiger partial charge < -0.3 is 10.4 Å². The Morgan fingerprint density at radius 1 is 1.19 bits per heavy atom. The van der Waals surface area contributed by atoms with Crippen LogP contribution >= 0.6 is 0 Å². The smallest absolute Gasteiger partial charge is 0.123 e. The van der Waals surface area contributed by atoms with Crippen LogP contribution in [0.3, 0.4) is 0 Å². The molecule has 2 nitrogen and oxygen atoms in total. The average Bonchev–Trinajstić information content (AvgIpc) is 2.29. The van der Waals surface area contributed by atoms with E-state index in [1.165, 1.54) is 12.1 Å². The maximum Gasteiger partial charge on any atom is 0.123 e. The highest BCUT2D eigenvalue weighted by Crippen LogP contribution is 2.20. The minimum Gasteiger partial charge on any atom is -0.386 e. The Hall–Kier alpha value is -1.19. The van der Waals surface area contributed by atoms with E-state index in [2.05, 4.69) is 5.32 Å². The number of halogens is 1. The second-order valence-electron chi connectivity index (χ2n) is 4.24. The van der Waals surface area contributed by atoms with Crippen LogP contribution < -0.4 is 5.32 Å². The van der Waals surface area contributed by atoms with Crippen molar-refractivity contribution in [1.29, 1.82) is 0 Å². The van der Waals surface area contributed by atoms with Gasteiger partial charge in [0.05, 0.1) is 5.60 Å². The van der Waals surface area contributed by atoms with Gasteiger partial charge in [-0.3, -0.25) is 0 Å². The Morgan fingerprint density at radius 3 is 2.44 bits per heavy atom. The third-order valence-corrected chi connectivity index (χ3v) is 2.93. The highest BCUT2D eigenvalue weighted by molar-refractivity contribution is 5.50. The molecule has 0 saturated carbocycles. The second kappa shape index (κ2) is 4.76. The van der Waals surface area contributed by atoms with E-state index >= 15 is 0 Å². The third-order valence-electron chi connectivity index (χ3n) is 2.93. The van der Waals surface area contributed by atoms with Crippen molar-refractivity contribution in [1.82, 2.24) is 5.32 Å². The van der Waals surface area contributed by atoms with Crippen LogP contribution in [-0.4, -0.2) is 23.8 Å². The van der Waals surface area contributed by atoms with Crippen molar-refractivity contribution in [2.75, 3.05) is 13.1 Å². The van der Waals surface area contributed by atoms with E-state index in [1.54, 1.807) is 12.1 Å². The maximum absolute atomic E-state index is 12.7.